The highest BCUT2D eigenvalue weighted by Gasteiger charge is 2.18. The van der Waals surface area contributed by atoms with Crippen LogP contribution in [-0.4, -0.2) is 42.4 Å². The summed E-state index contributed by atoms with van der Waals surface area (Å²) in [7, 11) is 0. The van der Waals surface area contributed by atoms with Crippen LogP contribution in [-0.2, 0) is 9.59 Å². The normalized spacial score (nSPS) is 11.8. The van der Waals surface area contributed by atoms with Gasteiger partial charge in [0.05, 0.1) is 12.6 Å². The van der Waals surface area contributed by atoms with Gasteiger partial charge in [-0.1, -0.05) is 18.2 Å². The summed E-state index contributed by atoms with van der Waals surface area (Å²) in [6, 6.07) is 7.23. The van der Waals surface area contributed by atoms with Crippen molar-refractivity contribution in [1.82, 2.24) is 10.2 Å². The minimum atomic E-state index is -0.368. The molecular formula is C16H25N3O2. The maximum absolute atomic E-state index is 12.1. The van der Waals surface area contributed by atoms with Crippen molar-refractivity contribution in [3.8, 4) is 0 Å². The third-order valence-electron chi connectivity index (χ3n) is 3.43. The van der Waals surface area contributed by atoms with E-state index in [1.165, 1.54) is 0 Å². The van der Waals surface area contributed by atoms with Gasteiger partial charge in [-0.3, -0.25) is 14.9 Å². The van der Waals surface area contributed by atoms with Crippen molar-refractivity contribution in [2.24, 2.45) is 0 Å². The molecule has 1 aromatic carbocycles. The Morgan fingerprint density at radius 2 is 1.81 bits per heavy atom. The molecule has 2 N–H and O–H groups in total. The van der Waals surface area contributed by atoms with Gasteiger partial charge in [-0.05, 0) is 39.3 Å². The molecule has 1 rings (SSSR count). The Hall–Kier alpha value is -1.88. The van der Waals surface area contributed by atoms with Crippen molar-refractivity contribution in [2.45, 2.75) is 33.7 Å². The molecule has 0 heterocycles. The summed E-state index contributed by atoms with van der Waals surface area (Å²) < 4.78 is 0. The van der Waals surface area contributed by atoms with Gasteiger partial charge < -0.3 is 10.2 Å². The molecule has 116 valence electrons. The number of carbonyl (C=O) groups excluding carboxylic acids is 2. The number of anilines is 1. The van der Waals surface area contributed by atoms with Gasteiger partial charge >= 0.3 is 0 Å². The molecule has 0 saturated heterocycles. The number of likely N-dealkylation sites (N-methyl/N-ethyl adjacent to an activating group) is 1. The highest BCUT2D eigenvalue weighted by atomic mass is 16.2. The lowest BCUT2D eigenvalue weighted by Gasteiger charge is -2.23. The number of rotatable bonds is 7. The third-order valence-corrected chi connectivity index (χ3v) is 3.43. The minimum Gasteiger partial charge on any atom is -0.342 e. The fourth-order valence-corrected chi connectivity index (χ4v) is 2.05. The van der Waals surface area contributed by atoms with Gasteiger partial charge in [0.15, 0.2) is 0 Å². The molecule has 0 saturated carbocycles. The van der Waals surface area contributed by atoms with Gasteiger partial charge in [0, 0.05) is 18.8 Å². The van der Waals surface area contributed by atoms with E-state index in [9.17, 15) is 9.59 Å². The third kappa shape index (κ3) is 5.19. The fraction of sp³-hybridized carbons (Fsp3) is 0.500. The predicted octanol–water partition coefficient (Wildman–Crippen LogP) is 1.78. The van der Waals surface area contributed by atoms with Crippen LogP contribution in [0.3, 0.4) is 0 Å². The monoisotopic (exact) mass is 291 g/mol. The lowest BCUT2D eigenvalue weighted by atomic mass is 10.2. The first-order valence-corrected chi connectivity index (χ1v) is 7.37. The summed E-state index contributed by atoms with van der Waals surface area (Å²) in [5, 5.41) is 5.80. The molecule has 0 fully saturated rings. The van der Waals surface area contributed by atoms with Gasteiger partial charge in [0.1, 0.15) is 0 Å². The average Bonchev–Trinajstić information content (AvgIpc) is 2.48. The van der Waals surface area contributed by atoms with Gasteiger partial charge in [-0.25, -0.2) is 0 Å². The number of carbonyl (C=O) groups is 2. The number of benzene rings is 1. The van der Waals surface area contributed by atoms with Crippen LogP contribution in [0.15, 0.2) is 24.3 Å². The molecule has 1 unspecified atom stereocenters. The number of aryl methyl sites for hydroxylation is 1. The highest BCUT2D eigenvalue weighted by Crippen LogP contribution is 2.12. The largest absolute Gasteiger partial charge is 0.342 e. The van der Waals surface area contributed by atoms with Gasteiger partial charge in [0.25, 0.3) is 0 Å². The predicted molar refractivity (Wildman–Crippen MR) is 85.2 cm³/mol. The Labute approximate surface area is 126 Å². The van der Waals surface area contributed by atoms with E-state index in [-0.39, 0.29) is 24.4 Å². The van der Waals surface area contributed by atoms with Gasteiger partial charge in [-0.15, -0.1) is 0 Å². The van der Waals surface area contributed by atoms with Crippen LogP contribution in [0.5, 0.6) is 0 Å². The molecule has 0 bridgehead atoms. The van der Waals surface area contributed by atoms with E-state index in [4.69, 9.17) is 0 Å². The van der Waals surface area contributed by atoms with Gasteiger partial charge in [-0.2, -0.15) is 0 Å². The molecule has 0 radical (unpaired) electrons. The summed E-state index contributed by atoms with van der Waals surface area (Å²) in [5.41, 5.74) is 1.81. The maximum Gasteiger partial charge on any atom is 0.239 e. The summed E-state index contributed by atoms with van der Waals surface area (Å²) in [4.78, 5) is 25.7. The van der Waals surface area contributed by atoms with E-state index < -0.39 is 0 Å². The topological polar surface area (TPSA) is 61.4 Å². The van der Waals surface area contributed by atoms with Crippen molar-refractivity contribution in [2.75, 3.05) is 25.0 Å². The second kappa shape index (κ2) is 8.42. The Morgan fingerprint density at radius 3 is 2.38 bits per heavy atom. The molecule has 0 aliphatic rings. The molecule has 0 aliphatic carbocycles. The molecule has 0 aromatic heterocycles. The average molecular weight is 291 g/mol. The number of nitrogens with one attached hydrogen (secondary N) is 2. The first-order chi connectivity index (χ1) is 9.99. The van der Waals surface area contributed by atoms with Gasteiger partial charge in [0.2, 0.25) is 11.8 Å². The van der Waals surface area contributed by atoms with Crippen molar-refractivity contribution in [3.63, 3.8) is 0 Å². The number of para-hydroxylation sites is 1. The molecule has 0 spiro atoms. The van der Waals surface area contributed by atoms with Crippen LogP contribution in [0, 0.1) is 6.92 Å². The minimum absolute atomic E-state index is 0.0173. The second-order valence-electron chi connectivity index (χ2n) is 4.98. The van der Waals surface area contributed by atoms with Crippen LogP contribution < -0.4 is 10.6 Å². The second-order valence-corrected chi connectivity index (χ2v) is 4.98. The quantitative estimate of drug-likeness (QED) is 0.805. The van der Waals surface area contributed by atoms with Crippen molar-refractivity contribution in [3.05, 3.63) is 29.8 Å². The SMILES string of the molecule is CCN(CC)C(=O)C(C)NCC(=O)Nc1ccccc1C. The van der Waals surface area contributed by atoms with Crippen LogP contribution in [0.2, 0.25) is 0 Å². The molecule has 5 nitrogen and oxygen atoms in total. The van der Waals surface area contributed by atoms with E-state index in [1.54, 1.807) is 11.8 Å². The fourth-order valence-electron chi connectivity index (χ4n) is 2.05. The molecule has 0 aliphatic heterocycles. The molecular weight excluding hydrogens is 266 g/mol. The number of amides is 2. The molecule has 21 heavy (non-hydrogen) atoms. The summed E-state index contributed by atoms with van der Waals surface area (Å²) >= 11 is 0. The summed E-state index contributed by atoms with van der Waals surface area (Å²) in [6.45, 7) is 9.07. The first kappa shape index (κ1) is 17.2. The van der Waals surface area contributed by atoms with Crippen LogP contribution >= 0.6 is 0 Å². The van der Waals surface area contributed by atoms with E-state index >= 15 is 0 Å². The van der Waals surface area contributed by atoms with Crippen LogP contribution in [0.4, 0.5) is 5.69 Å². The van der Waals surface area contributed by atoms with E-state index in [1.807, 2.05) is 45.0 Å². The van der Waals surface area contributed by atoms with E-state index in [0.29, 0.717) is 13.1 Å². The van der Waals surface area contributed by atoms with E-state index in [0.717, 1.165) is 11.3 Å². The Morgan fingerprint density at radius 1 is 1.19 bits per heavy atom. The zero-order valence-corrected chi connectivity index (χ0v) is 13.3. The smallest absolute Gasteiger partial charge is 0.239 e. The standard InChI is InChI=1S/C16H25N3O2/c1-5-19(6-2)16(21)13(4)17-11-15(20)18-14-10-8-7-9-12(14)3/h7-10,13,17H,5-6,11H2,1-4H3,(H,18,20). The summed E-state index contributed by atoms with van der Waals surface area (Å²) in [5.74, 6) is -0.132. The zero-order chi connectivity index (χ0) is 15.8. The molecule has 1 atom stereocenters. The highest BCUT2D eigenvalue weighted by molar-refractivity contribution is 5.93. The number of hydrogen-bond donors (Lipinski definition) is 2. The Kier molecular flexibility index (Phi) is 6.88. The maximum atomic E-state index is 12.1. The molecule has 2 amide bonds. The lowest BCUT2D eigenvalue weighted by molar-refractivity contribution is -0.132. The lowest BCUT2D eigenvalue weighted by Crippen LogP contribution is -2.46. The van der Waals surface area contributed by atoms with Crippen LogP contribution in [0.1, 0.15) is 26.3 Å². The van der Waals surface area contributed by atoms with E-state index in [2.05, 4.69) is 10.6 Å². The molecule has 5 heteroatoms. The van der Waals surface area contributed by atoms with Crippen LogP contribution in [0.25, 0.3) is 0 Å². The zero-order valence-electron chi connectivity index (χ0n) is 13.3. The number of hydrogen-bond acceptors (Lipinski definition) is 3. The summed E-state index contributed by atoms with van der Waals surface area (Å²) in [6.07, 6.45) is 0. The molecule has 1 aromatic rings. The Bertz CT molecular complexity index is 484. The van der Waals surface area contributed by atoms with Crippen molar-refractivity contribution < 1.29 is 9.59 Å². The van der Waals surface area contributed by atoms with Crippen molar-refractivity contribution in [1.29, 1.82) is 0 Å². The first-order valence-electron chi connectivity index (χ1n) is 7.37. The van der Waals surface area contributed by atoms with Crippen molar-refractivity contribution >= 4 is 17.5 Å². The Balaban J connectivity index is 2.46. The number of nitrogens with zero attached hydrogens (tertiary/aromatic N) is 1.